The number of piperazine rings is 1. The first-order valence-electron chi connectivity index (χ1n) is 9.52. The minimum atomic E-state index is 0.784. The number of hydrogen-bond acceptors (Lipinski definition) is 4. The number of fused-ring (bicyclic) bond motifs is 1. The van der Waals surface area contributed by atoms with Crippen molar-refractivity contribution >= 4 is 28.4 Å². The van der Waals surface area contributed by atoms with E-state index < -0.39 is 0 Å². The molecule has 3 aromatic rings. The smallest absolute Gasteiger partial charge is 0.205 e. The number of rotatable bonds is 5. The van der Waals surface area contributed by atoms with Gasteiger partial charge in [-0.1, -0.05) is 13.0 Å². The van der Waals surface area contributed by atoms with E-state index in [1.165, 1.54) is 24.2 Å². The number of imidazole rings is 1. The topological polar surface area (TPSA) is 47.2 Å². The van der Waals surface area contributed by atoms with Crippen LogP contribution in [0.3, 0.4) is 0 Å². The van der Waals surface area contributed by atoms with Crippen molar-refractivity contribution in [2.75, 3.05) is 42.9 Å². The number of benzene rings is 2. The van der Waals surface area contributed by atoms with Crippen LogP contribution in [0.1, 0.15) is 18.9 Å². The predicted molar refractivity (Wildman–Crippen MR) is 109 cm³/mol. The van der Waals surface area contributed by atoms with Crippen LogP contribution < -0.4 is 10.2 Å². The molecule has 2 N–H and O–H groups in total. The van der Waals surface area contributed by atoms with Crippen LogP contribution in [0.5, 0.6) is 0 Å². The lowest BCUT2D eigenvalue weighted by Crippen LogP contribution is -2.46. The Hall–Kier alpha value is -2.53. The summed E-state index contributed by atoms with van der Waals surface area (Å²) in [7, 11) is 0. The van der Waals surface area contributed by atoms with Gasteiger partial charge in [0.25, 0.3) is 0 Å². The van der Waals surface area contributed by atoms with E-state index in [0.29, 0.717) is 0 Å². The van der Waals surface area contributed by atoms with Crippen molar-refractivity contribution in [3.8, 4) is 0 Å². The van der Waals surface area contributed by atoms with Crippen LogP contribution >= 0.6 is 0 Å². The number of aryl methyl sites for hydroxylation is 1. The molecule has 2 heterocycles. The van der Waals surface area contributed by atoms with Gasteiger partial charge in [-0.05, 0) is 61.9 Å². The van der Waals surface area contributed by atoms with Crippen molar-refractivity contribution in [3.05, 3.63) is 48.0 Å². The molecule has 26 heavy (non-hydrogen) atoms. The molecule has 0 saturated carbocycles. The second-order valence-electron chi connectivity index (χ2n) is 7.11. The Bertz CT molecular complexity index is 860. The maximum atomic E-state index is 4.60. The van der Waals surface area contributed by atoms with Crippen molar-refractivity contribution < 1.29 is 0 Å². The fourth-order valence-electron chi connectivity index (χ4n) is 3.62. The molecule has 0 aliphatic carbocycles. The highest BCUT2D eigenvalue weighted by Gasteiger charge is 2.16. The van der Waals surface area contributed by atoms with Crippen LogP contribution in [0.25, 0.3) is 11.0 Å². The van der Waals surface area contributed by atoms with Gasteiger partial charge in [0.15, 0.2) is 0 Å². The maximum Gasteiger partial charge on any atom is 0.205 e. The third kappa shape index (κ3) is 3.68. The van der Waals surface area contributed by atoms with E-state index in [0.717, 1.165) is 48.8 Å². The number of H-pyrrole nitrogens is 1. The van der Waals surface area contributed by atoms with Gasteiger partial charge in [0.1, 0.15) is 0 Å². The van der Waals surface area contributed by atoms with Crippen molar-refractivity contribution in [2.45, 2.75) is 20.3 Å². The summed E-state index contributed by atoms with van der Waals surface area (Å²) in [5.74, 6) is 0.784. The molecule has 2 aromatic carbocycles. The number of aromatic nitrogens is 2. The number of aromatic amines is 1. The Morgan fingerprint density at radius 2 is 1.81 bits per heavy atom. The first-order valence-corrected chi connectivity index (χ1v) is 9.52. The lowest BCUT2D eigenvalue weighted by atomic mass is 10.2. The minimum Gasteiger partial charge on any atom is -0.369 e. The average molecular weight is 349 g/mol. The van der Waals surface area contributed by atoms with E-state index in [-0.39, 0.29) is 0 Å². The molecule has 5 heteroatoms. The molecule has 0 bridgehead atoms. The molecule has 1 aromatic heterocycles. The summed E-state index contributed by atoms with van der Waals surface area (Å²) < 4.78 is 0. The Labute approximate surface area is 155 Å². The third-order valence-corrected chi connectivity index (χ3v) is 5.04. The van der Waals surface area contributed by atoms with Gasteiger partial charge in [0, 0.05) is 37.6 Å². The van der Waals surface area contributed by atoms with E-state index in [9.17, 15) is 0 Å². The number of hydrogen-bond donors (Lipinski definition) is 2. The maximum absolute atomic E-state index is 4.60. The highest BCUT2D eigenvalue weighted by atomic mass is 15.3. The van der Waals surface area contributed by atoms with E-state index >= 15 is 0 Å². The summed E-state index contributed by atoms with van der Waals surface area (Å²) in [6, 6.07) is 14.9. The second kappa shape index (κ2) is 7.38. The van der Waals surface area contributed by atoms with E-state index in [1.807, 2.05) is 6.07 Å². The molecule has 0 amide bonds. The van der Waals surface area contributed by atoms with E-state index in [1.54, 1.807) is 0 Å². The van der Waals surface area contributed by atoms with Crippen molar-refractivity contribution in [2.24, 2.45) is 0 Å². The van der Waals surface area contributed by atoms with Crippen LogP contribution in [-0.4, -0.2) is 47.6 Å². The quantitative estimate of drug-likeness (QED) is 0.726. The highest BCUT2D eigenvalue weighted by molar-refractivity contribution is 5.79. The molecule has 136 valence electrons. The van der Waals surface area contributed by atoms with E-state index in [4.69, 9.17) is 0 Å². The molecule has 5 nitrogen and oxygen atoms in total. The molecule has 1 aliphatic rings. The average Bonchev–Trinajstić information content (AvgIpc) is 3.05. The highest BCUT2D eigenvalue weighted by Crippen LogP contribution is 2.23. The zero-order chi connectivity index (χ0) is 17.9. The summed E-state index contributed by atoms with van der Waals surface area (Å²) in [5.41, 5.74) is 5.63. The Morgan fingerprint density at radius 1 is 1.04 bits per heavy atom. The van der Waals surface area contributed by atoms with Crippen LogP contribution in [0.15, 0.2) is 42.5 Å². The lowest BCUT2D eigenvalue weighted by molar-refractivity contribution is 0.258. The molecule has 0 radical (unpaired) electrons. The molecule has 1 fully saturated rings. The van der Waals surface area contributed by atoms with Crippen molar-refractivity contribution in [3.63, 3.8) is 0 Å². The van der Waals surface area contributed by atoms with Crippen LogP contribution in [-0.2, 0) is 0 Å². The second-order valence-corrected chi connectivity index (χ2v) is 7.11. The Morgan fingerprint density at radius 3 is 2.54 bits per heavy atom. The fraction of sp³-hybridized carbons (Fsp3) is 0.381. The minimum absolute atomic E-state index is 0.784. The third-order valence-electron chi connectivity index (χ3n) is 5.04. The SMILES string of the molecule is CCCN1CCN(c2ccc(Nc3nc4ccc(C)cc4[nH]3)cc2)CC1. The van der Waals surface area contributed by atoms with Crippen LogP contribution in [0.4, 0.5) is 17.3 Å². The zero-order valence-corrected chi connectivity index (χ0v) is 15.6. The summed E-state index contributed by atoms with van der Waals surface area (Å²) in [6.45, 7) is 10.1. The van der Waals surface area contributed by atoms with Crippen molar-refractivity contribution in [1.29, 1.82) is 0 Å². The number of nitrogens with zero attached hydrogens (tertiary/aromatic N) is 3. The molecular formula is C21H27N5. The zero-order valence-electron chi connectivity index (χ0n) is 15.6. The monoisotopic (exact) mass is 349 g/mol. The molecule has 0 spiro atoms. The summed E-state index contributed by atoms with van der Waals surface area (Å²) in [5, 5.41) is 3.37. The summed E-state index contributed by atoms with van der Waals surface area (Å²) in [6.07, 6.45) is 1.24. The lowest BCUT2D eigenvalue weighted by Gasteiger charge is -2.36. The van der Waals surface area contributed by atoms with Crippen molar-refractivity contribution in [1.82, 2.24) is 14.9 Å². The molecule has 1 aliphatic heterocycles. The molecular weight excluding hydrogens is 322 g/mol. The molecule has 0 atom stereocenters. The summed E-state index contributed by atoms with van der Waals surface area (Å²) in [4.78, 5) is 13.0. The summed E-state index contributed by atoms with van der Waals surface area (Å²) >= 11 is 0. The van der Waals surface area contributed by atoms with Gasteiger partial charge in [-0.2, -0.15) is 0 Å². The Kier molecular flexibility index (Phi) is 4.80. The van der Waals surface area contributed by atoms with Crippen LogP contribution in [0.2, 0.25) is 0 Å². The Balaban J connectivity index is 1.41. The van der Waals surface area contributed by atoms with Gasteiger partial charge >= 0.3 is 0 Å². The van der Waals surface area contributed by atoms with E-state index in [2.05, 4.69) is 75.3 Å². The largest absolute Gasteiger partial charge is 0.369 e. The predicted octanol–water partition coefficient (Wildman–Crippen LogP) is 4.15. The van der Waals surface area contributed by atoms with Gasteiger partial charge < -0.3 is 15.2 Å². The first-order chi connectivity index (χ1) is 12.7. The standard InChI is InChI=1S/C21H27N5/c1-3-10-25-11-13-26(14-12-25)18-7-5-17(6-8-18)22-21-23-19-9-4-16(2)15-20(19)24-21/h4-9,15H,3,10-14H2,1-2H3,(H2,22,23,24). The van der Waals surface area contributed by atoms with Gasteiger partial charge in [0.05, 0.1) is 11.0 Å². The van der Waals surface area contributed by atoms with Crippen LogP contribution in [0, 0.1) is 6.92 Å². The molecule has 1 saturated heterocycles. The van der Waals surface area contributed by atoms with Gasteiger partial charge in [0.2, 0.25) is 5.95 Å². The fourth-order valence-corrected chi connectivity index (χ4v) is 3.62. The van der Waals surface area contributed by atoms with Gasteiger partial charge in [-0.25, -0.2) is 4.98 Å². The van der Waals surface area contributed by atoms with Gasteiger partial charge in [-0.3, -0.25) is 4.90 Å². The number of nitrogens with one attached hydrogen (secondary N) is 2. The molecule has 4 rings (SSSR count). The van der Waals surface area contributed by atoms with Gasteiger partial charge in [-0.15, -0.1) is 0 Å². The molecule has 0 unspecified atom stereocenters. The number of anilines is 3. The normalized spacial score (nSPS) is 15.5. The first kappa shape index (κ1) is 16.9.